The highest BCUT2D eigenvalue weighted by molar-refractivity contribution is 6.68. The summed E-state index contributed by atoms with van der Waals surface area (Å²) in [4.78, 5) is 0. The van der Waals surface area contributed by atoms with Gasteiger partial charge in [0.2, 0.25) is 0 Å². The number of hydrogen-bond acceptors (Lipinski definition) is 0. The van der Waals surface area contributed by atoms with Gasteiger partial charge < -0.3 is 0 Å². The van der Waals surface area contributed by atoms with Gasteiger partial charge in [-0.05, 0) is 5.31 Å². The minimum absolute atomic E-state index is 0.480. The first kappa shape index (κ1) is 12.6. The van der Waals surface area contributed by atoms with Gasteiger partial charge in [-0.25, -0.2) is 0 Å². The molecule has 0 fully saturated rings. The van der Waals surface area contributed by atoms with Crippen molar-refractivity contribution in [1.82, 2.24) is 0 Å². The molecule has 0 aromatic rings. The molecule has 0 aromatic heterocycles. The van der Waals surface area contributed by atoms with Crippen LogP contribution in [-0.2, 0) is 0 Å². The van der Waals surface area contributed by atoms with Gasteiger partial charge in [0.25, 0.3) is 0 Å². The molecular formula is C14H25B. The lowest BCUT2D eigenvalue weighted by Gasteiger charge is -2.37. The zero-order valence-corrected chi connectivity index (χ0v) is 10.6. The van der Waals surface area contributed by atoms with Crippen molar-refractivity contribution >= 4 is 6.71 Å². The summed E-state index contributed by atoms with van der Waals surface area (Å²) < 4.78 is 0. The number of hydrogen-bond donors (Lipinski definition) is 0. The van der Waals surface area contributed by atoms with Crippen molar-refractivity contribution in [1.29, 1.82) is 0 Å². The third kappa shape index (κ3) is 3.00. The van der Waals surface area contributed by atoms with Crippen LogP contribution >= 0.6 is 0 Å². The van der Waals surface area contributed by atoms with Crippen LogP contribution in [-0.4, -0.2) is 6.71 Å². The van der Waals surface area contributed by atoms with Gasteiger partial charge in [-0.3, -0.25) is 0 Å². The Morgan fingerprint density at radius 3 is 2.13 bits per heavy atom. The van der Waals surface area contributed by atoms with Crippen LogP contribution in [0, 0.1) is 0 Å². The van der Waals surface area contributed by atoms with E-state index in [-0.39, 0.29) is 0 Å². The lowest BCUT2D eigenvalue weighted by atomic mass is 9.28. The molecule has 1 rings (SSSR count). The Morgan fingerprint density at radius 2 is 1.60 bits per heavy atom. The van der Waals surface area contributed by atoms with Gasteiger partial charge in [0.05, 0.1) is 0 Å². The zero-order chi connectivity index (χ0) is 11.1. The highest BCUT2D eigenvalue weighted by Crippen LogP contribution is 2.46. The van der Waals surface area contributed by atoms with Gasteiger partial charge in [0.15, 0.2) is 6.71 Å². The lowest BCUT2D eigenvalue weighted by Crippen LogP contribution is -2.31. The van der Waals surface area contributed by atoms with Crippen LogP contribution in [0.3, 0.4) is 0 Å². The Morgan fingerprint density at radius 1 is 0.933 bits per heavy atom. The van der Waals surface area contributed by atoms with Crippen molar-refractivity contribution < 1.29 is 0 Å². The van der Waals surface area contributed by atoms with Crippen molar-refractivity contribution in [3.63, 3.8) is 0 Å². The molecule has 0 amide bonds. The summed E-state index contributed by atoms with van der Waals surface area (Å²) in [5.74, 6) is 2.44. The fraction of sp³-hybridized carbons (Fsp3) is 0.714. The molecule has 0 atom stereocenters. The number of allylic oxidation sites excluding steroid dienone is 3. The predicted octanol–water partition coefficient (Wildman–Crippen LogP) is 4.90. The summed E-state index contributed by atoms with van der Waals surface area (Å²) in [6.07, 6.45) is 15.0. The zero-order valence-electron chi connectivity index (χ0n) is 10.6. The van der Waals surface area contributed by atoms with Gasteiger partial charge in [0.1, 0.15) is 0 Å². The third-order valence-electron chi connectivity index (χ3n) is 3.65. The molecule has 1 aliphatic heterocycles. The first-order valence-corrected chi connectivity index (χ1v) is 6.65. The fourth-order valence-corrected chi connectivity index (χ4v) is 3.05. The fourth-order valence-electron chi connectivity index (χ4n) is 3.05. The molecule has 0 bridgehead atoms. The average Bonchev–Trinajstić information content (AvgIpc) is 2.23. The lowest BCUT2D eigenvalue weighted by molar-refractivity contribution is 0.535. The summed E-state index contributed by atoms with van der Waals surface area (Å²) in [5.41, 5.74) is 0. The van der Waals surface area contributed by atoms with Gasteiger partial charge in [0, 0.05) is 0 Å². The van der Waals surface area contributed by atoms with Crippen LogP contribution in [0.5, 0.6) is 0 Å². The van der Waals surface area contributed by atoms with Gasteiger partial charge in [-0.15, -0.1) is 5.98 Å². The summed E-state index contributed by atoms with van der Waals surface area (Å²) in [7, 11) is 0. The highest BCUT2D eigenvalue weighted by Gasteiger charge is 2.36. The molecule has 0 aromatic carbocycles. The monoisotopic (exact) mass is 204 g/mol. The normalized spacial score (nSPS) is 18.5. The smallest absolute Gasteiger partial charge is 0.114 e. The molecule has 0 saturated heterocycles. The van der Waals surface area contributed by atoms with Crippen molar-refractivity contribution in [3.8, 4) is 0 Å². The van der Waals surface area contributed by atoms with Crippen molar-refractivity contribution in [2.45, 2.75) is 64.5 Å². The van der Waals surface area contributed by atoms with E-state index in [0.717, 1.165) is 6.71 Å². The van der Waals surface area contributed by atoms with Crippen LogP contribution < -0.4 is 0 Å². The summed E-state index contributed by atoms with van der Waals surface area (Å²) in [5, 5.41) is 0.480. The van der Waals surface area contributed by atoms with E-state index in [9.17, 15) is 0 Å². The molecule has 0 nitrogen and oxygen atoms in total. The van der Waals surface area contributed by atoms with Gasteiger partial charge >= 0.3 is 0 Å². The molecule has 0 unspecified atom stereocenters. The van der Waals surface area contributed by atoms with E-state index < -0.39 is 0 Å². The van der Waals surface area contributed by atoms with E-state index in [1.165, 1.54) is 38.4 Å². The standard InChI is InChI=1S/C14H25B/c1-4-9-14(10-5-2)11-7-8-13-15(14)12-6-3/h7-8,11,13H,4-6,9-10,12H2,1-3H3. The minimum atomic E-state index is 0.480. The topological polar surface area (TPSA) is 0 Å². The molecule has 0 radical (unpaired) electrons. The Balaban J connectivity index is 2.80. The van der Waals surface area contributed by atoms with E-state index in [4.69, 9.17) is 0 Å². The van der Waals surface area contributed by atoms with E-state index in [1.54, 1.807) is 0 Å². The van der Waals surface area contributed by atoms with Crippen LogP contribution in [0.15, 0.2) is 24.2 Å². The molecule has 84 valence electrons. The molecule has 1 heterocycles. The minimum Gasteiger partial charge on any atom is -0.114 e. The molecule has 0 aliphatic carbocycles. The van der Waals surface area contributed by atoms with E-state index in [1.807, 2.05) is 0 Å². The maximum absolute atomic E-state index is 2.49. The quantitative estimate of drug-likeness (QED) is 0.540. The van der Waals surface area contributed by atoms with Crippen molar-refractivity contribution in [3.05, 3.63) is 24.2 Å². The van der Waals surface area contributed by atoms with Crippen molar-refractivity contribution in [2.24, 2.45) is 0 Å². The first-order chi connectivity index (χ1) is 7.29. The Labute approximate surface area is 95.9 Å². The third-order valence-corrected chi connectivity index (χ3v) is 3.65. The molecule has 1 heteroatoms. The van der Waals surface area contributed by atoms with Crippen LogP contribution in [0.2, 0.25) is 11.6 Å². The second-order valence-corrected chi connectivity index (χ2v) is 4.87. The summed E-state index contributed by atoms with van der Waals surface area (Å²) >= 11 is 0. The van der Waals surface area contributed by atoms with Gasteiger partial charge in [-0.1, -0.05) is 77.4 Å². The molecule has 15 heavy (non-hydrogen) atoms. The van der Waals surface area contributed by atoms with E-state index in [0.29, 0.717) is 5.31 Å². The van der Waals surface area contributed by atoms with Crippen molar-refractivity contribution in [2.75, 3.05) is 0 Å². The Bertz CT molecular complexity index is 221. The van der Waals surface area contributed by atoms with E-state index >= 15 is 0 Å². The molecule has 1 aliphatic rings. The second-order valence-electron chi connectivity index (χ2n) is 4.87. The average molecular weight is 204 g/mol. The molecule has 0 N–H and O–H groups in total. The maximum Gasteiger partial charge on any atom is 0.176 e. The SMILES string of the molecule is CCCB1C=CC=CC1(CCC)CCC. The Kier molecular flexibility index (Phi) is 5.21. The maximum atomic E-state index is 2.49. The largest absolute Gasteiger partial charge is 0.176 e. The van der Waals surface area contributed by atoms with Crippen LogP contribution in [0.1, 0.15) is 52.9 Å². The first-order valence-electron chi connectivity index (χ1n) is 6.65. The summed E-state index contributed by atoms with van der Waals surface area (Å²) in [6, 6.07) is 0. The molecular weight excluding hydrogens is 179 g/mol. The van der Waals surface area contributed by atoms with Crippen LogP contribution in [0.4, 0.5) is 0 Å². The van der Waals surface area contributed by atoms with Crippen LogP contribution in [0.25, 0.3) is 0 Å². The molecule has 0 saturated carbocycles. The number of rotatable bonds is 6. The van der Waals surface area contributed by atoms with Gasteiger partial charge in [-0.2, -0.15) is 0 Å². The molecule has 0 spiro atoms. The van der Waals surface area contributed by atoms with E-state index in [2.05, 4.69) is 45.0 Å². The second kappa shape index (κ2) is 6.20. The highest BCUT2D eigenvalue weighted by atomic mass is 14.2. The summed E-state index contributed by atoms with van der Waals surface area (Å²) in [6.45, 7) is 7.71. The Hall–Kier alpha value is -0.455. The predicted molar refractivity (Wildman–Crippen MR) is 71.6 cm³/mol.